The molecule has 0 saturated carbocycles. The molecule has 0 spiro atoms. The average molecular weight is 557 g/mol. The van der Waals surface area contributed by atoms with Crippen LogP contribution in [0.2, 0.25) is 0 Å². The minimum absolute atomic E-state index is 0.108. The average Bonchev–Trinajstić information content (AvgIpc) is 2.67. The number of hydrogen-bond donors (Lipinski definition) is 0. The molecule has 1 aliphatic carbocycles. The standard InChI is InChI=1S/C27H35F3IN/c1-17-9-10-20(21(13-17)27(28,29)30)24(31-7)32(8)16-19-15-23-22(14-18(19)2)25(3,4)11-12-26(23,5)6/h9-10,13-15H,11-12,16H2,1-8H3. The smallest absolute Gasteiger partial charge is 0.269 e. The highest BCUT2D eigenvalue weighted by atomic mass is 127. The summed E-state index contributed by atoms with van der Waals surface area (Å²) in [5.41, 5.74) is 5.93. The number of rotatable bonds is 4. The number of alkyl halides is 4. The van der Waals surface area contributed by atoms with Crippen LogP contribution in [0.25, 0.3) is 0 Å². The van der Waals surface area contributed by atoms with Gasteiger partial charge in [-0.1, -0.05) is 57.5 Å². The largest absolute Gasteiger partial charge is 0.417 e. The van der Waals surface area contributed by atoms with Gasteiger partial charge in [-0.3, -0.25) is 4.90 Å². The molecule has 0 unspecified atom stereocenters. The van der Waals surface area contributed by atoms with Crippen molar-refractivity contribution in [2.75, 3.05) is 12.0 Å². The highest BCUT2D eigenvalue weighted by molar-refractivity contribution is 14.2. The van der Waals surface area contributed by atoms with Gasteiger partial charge in [-0.2, -0.15) is 13.2 Å². The molecule has 2 aromatic carbocycles. The highest BCUT2D eigenvalue weighted by Gasteiger charge is 2.38. The maximum absolute atomic E-state index is 13.8. The van der Waals surface area contributed by atoms with Crippen LogP contribution in [-0.2, 0) is 23.6 Å². The fourth-order valence-electron chi connectivity index (χ4n) is 4.79. The van der Waals surface area contributed by atoms with Crippen molar-refractivity contribution in [3.8, 4) is 0 Å². The van der Waals surface area contributed by atoms with E-state index in [0.717, 1.165) is 16.5 Å². The third-order valence-corrected chi connectivity index (χ3v) is 9.36. The highest BCUT2D eigenvalue weighted by Crippen LogP contribution is 2.46. The summed E-state index contributed by atoms with van der Waals surface area (Å²) in [6.07, 6.45) is -2.05. The molecule has 0 saturated heterocycles. The molecule has 0 aliphatic heterocycles. The van der Waals surface area contributed by atoms with Crippen molar-refractivity contribution >= 4 is 24.4 Å². The Morgan fingerprint density at radius 3 is 2.06 bits per heavy atom. The van der Waals surface area contributed by atoms with Gasteiger partial charge in [-0.15, -0.1) is 20.7 Å². The predicted octanol–water partition coefficient (Wildman–Crippen LogP) is 7.88. The molecule has 3 rings (SSSR count). The molecule has 0 N–H and O–H groups in total. The summed E-state index contributed by atoms with van der Waals surface area (Å²) in [7, 11) is 1.94. The molecule has 0 aromatic heterocycles. The zero-order valence-corrected chi connectivity index (χ0v) is 22.6. The predicted molar refractivity (Wildman–Crippen MR) is 138 cm³/mol. The first-order valence-corrected chi connectivity index (χ1v) is 14.3. The van der Waals surface area contributed by atoms with Crippen LogP contribution in [0.1, 0.15) is 79.5 Å². The summed E-state index contributed by atoms with van der Waals surface area (Å²) >= 11 is -0.563. The molecule has 2 aromatic rings. The minimum atomic E-state index is -4.36. The summed E-state index contributed by atoms with van der Waals surface area (Å²) in [4.78, 5) is 4.08. The molecule has 1 nitrogen and oxygen atoms in total. The maximum Gasteiger partial charge on any atom is 0.417 e. The van der Waals surface area contributed by atoms with Gasteiger partial charge in [-0.05, 0) is 77.8 Å². The third-order valence-electron chi connectivity index (χ3n) is 6.93. The lowest BCUT2D eigenvalue weighted by atomic mass is 9.62. The molecule has 1 aliphatic rings. The monoisotopic (exact) mass is 557 g/mol. The van der Waals surface area contributed by atoms with E-state index in [9.17, 15) is 13.2 Å². The number of hydrogen-bond acceptors (Lipinski definition) is 1. The fraction of sp³-hybridized carbons (Fsp3) is 0.519. The van der Waals surface area contributed by atoms with Crippen LogP contribution in [-0.4, -0.2) is 20.5 Å². The zero-order valence-electron chi connectivity index (χ0n) is 20.5. The van der Waals surface area contributed by atoms with E-state index >= 15 is 0 Å². The van der Waals surface area contributed by atoms with Gasteiger partial charge >= 0.3 is 6.18 Å². The summed E-state index contributed by atoms with van der Waals surface area (Å²) in [5, 5.41) is 0. The van der Waals surface area contributed by atoms with Gasteiger partial charge in [0, 0.05) is 12.1 Å². The molecular formula is C27H35F3IN. The van der Waals surface area contributed by atoms with Gasteiger partial charge in [0.2, 0.25) is 0 Å². The molecule has 0 radical (unpaired) electrons. The summed E-state index contributed by atoms with van der Waals surface area (Å²) in [6.45, 7) is 13.7. The van der Waals surface area contributed by atoms with E-state index in [1.165, 1.54) is 28.3 Å². The second kappa shape index (κ2) is 8.86. The first-order chi connectivity index (χ1) is 14.7. The number of aryl methyl sites for hydroxylation is 2. The van der Waals surface area contributed by atoms with Crippen LogP contribution in [0.4, 0.5) is 13.2 Å². The Balaban J connectivity index is 2.02. The van der Waals surface area contributed by atoms with Crippen molar-refractivity contribution in [1.29, 1.82) is 0 Å². The van der Waals surface area contributed by atoms with Crippen molar-refractivity contribution in [3.63, 3.8) is 0 Å². The fourth-order valence-corrected chi connectivity index (χ4v) is 6.83. The zero-order chi connectivity index (χ0) is 24.1. The maximum atomic E-state index is 13.8. The quantitative estimate of drug-likeness (QED) is 0.273. The van der Waals surface area contributed by atoms with Crippen LogP contribution < -0.4 is 0 Å². The first-order valence-electron chi connectivity index (χ1n) is 11.1. The van der Waals surface area contributed by atoms with Crippen molar-refractivity contribution in [2.24, 2.45) is 0 Å². The number of nitrogens with zero attached hydrogens (tertiary/aromatic N) is 1. The molecule has 0 fully saturated rings. The van der Waals surface area contributed by atoms with Crippen LogP contribution in [0.5, 0.6) is 0 Å². The number of fused-ring (bicyclic) bond motifs is 1. The van der Waals surface area contributed by atoms with Gasteiger partial charge in [0.05, 0.1) is 9.20 Å². The molecule has 0 atom stereocenters. The van der Waals surface area contributed by atoms with Crippen molar-refractivity contribution in [2.45, 2.75) is 77.9 Å². The summed E-state index contributed by atoms with van der Waals surface area (Å²) in [6, 6.07) is 9.36. The Morgan fingerprint density at radius 2 is 1.53 bits per heavy atom. The topological polar surface area (TPSA) is 3.24 Å². The lowest BCUT2D eigenvalue weighted by molar-refractivity contribution is -0.137. The SMILES string of the molecule is CI=C(c1ccc(C)cc1C(F)(F)F)N(C)Cc1cc2c(cc1C)C(C)(C)CCC2(C)C. The van der Waals surface area contributed by atoms with Gasteiger partial charge in [0.25, 0.3) is 0 Å². The van der Waals surface area contributed by atoms with Gasteiger partial charge in [0.15, 0.2) is 0 Å². The van der Waals surface area contributed by atoms with Crippen LogP contribution >= 0.6 is 20.7 Å². The van der Waals surface area contributed by atoms with Crippen LogP contribution in [0.3, 0.4) is 0 Å². The third kappa shape index (κ3) is 4.98. The Kier molecular flexibility index (Phi) is 7.04. The van der Waals surface area contributed by atoms with Gasteiger partial charge in [-0.25, -0.2) is 0 Å². The second-order valence-electron chi connectivity index (χ2n) is 10.5. The van der Waals surface area contributed by atoms with Crippen LogP contribution in [0, 0.1) is 13.8 Å². The van der Waals surface area contributed by atoms with Gasteiger partial charge < -0.3 is 0 Å². The van der Waals surface area contributed by atoms with E-state index in [0.29, 0.717) is 17.7 Å². The normalized spacial score (nSPS) is 18.3. The Hall–Kier alpha value is -1.21. The van der Waals surface area contributed by atoms with Gasteiger partial charge in [0.1, 0.15) is 0 Å². The summed E-state index contributed by atoms with van der Waals surface area (Å²) in [5.74, 6) is 0. The van der Waals surface area contributed by atoms with Crippen LogP contribution in [0.15, 0.2) is 30.3 Å². The molecule has 0 bridgehead atoms. The van der Waals surface area contributed by atoms with Crippen molar-refractivity contribution < 1.29 is 13.2 Å². The molecule has 0 heterocycles. The Labute approximate surface area is 201 Å². The minimum Gasteiger partial charge on any atom is -0.269 e. The van der Waals surface area contributed by atoms with E-state index in [4.69, 9.17) is 0 Å². The van der Waals surface area contributed by atoms with E-state index in [1.807, 2.05) is 16.9 Å². The second-order valence-corrected chi connectivity index (χ2v) is 12.6. The molecule has 176 valence electrons. The molecule has 0 amide bonds. The van der Waals surface area contributed by atoms with E-state index in [-0.39, 0.29) is 10.8 Å². The van der Waals surface area contributed by atoms with E-state index in [1.54, 1.807) is 19.1 Å². The number of halogens is 4. The summed E-state index contributed by atoms with van der Waals surface area (Å²) < 4.78 is 42.2. The molecular weight excluding hydrogens is 522 g/mol. The van der Waals surface area contributed by atoms with Crippen molar-refractivity contribution in [1.82, 2.24) is 4.90 Å². The van der Waals surface area contributed by atoms with Crippen molar-refractivity contribution in [3.05, 3.63) is 69.3 Å². The lowest BCUT2D eigenvalue weighted by Crippen LogP contribution is -2.34. The molecule has 32 heavy (non-hydrogen) atoms. The van der Waals surface area contributed by atoms with E-state index < -0.39 is 32.5 Å². The first kappa shape index (κ1) is 25.4. The number of benzene rings is 2. The van der Waals surface area contributed by atoms with E-state index in [2.05, 4.69) is 46.8 Å². The molecule has 5 heteroatoms. The Morgan fingerprint density at radius 1 is 0.969 bits per heavy atom. The lowest BCUT2D eigenvalue weighted by Gasteiger charge is -2.42. The Bertz CT molecular complexity index is 1050.